The Bertz CT molecular complexity index is 546. The monoisotopic (exact) mass is 330 g/mol. The molecule has 0 bridgehead atoms. The SMILES string of the molecule is CC(=S)C1CCC2(C)C(=CCC3C2CCC2(C)C(C)CCC32)C1. The van der Waals surface area contributed by atoms with Crippen molar-refractivity contribution in [1.29, 1.82) is 0 Å². The average Bonchev–Trinajstić information content (AvgIpc) is 2.82. The molecule has 4 rings (SSSR count). The molecule has 4 aliphatic rings. The molecule has 0 aromatic rings. The van der Waals surface area contributed by atoms with Crippen LogP contribution in [0.2, 0.25) is 0 Å². The van der Waals surface area contributed by atoms with E-state index in [2.05, 4.69) is 33.8 Å². The van der Waals surface area contributed by atoms with Gasteiger partial charge in [0.15, 0.2) is 0 Å². The van der Waals surface area contributed by atoms with Crippen LogP contribution in [0.25, 0.3) is 0 Å². The van der Waals surface area contributed by atoms with Crippen LogP contribution in [-0.4, -0.2) is 4.86 Å². The van der Waals surface area contributed by atoms with E-state index >= 15 is 0 Å². The molecule has 0 amide bonds. The standard InChI is InChI=1S/C22H34S/c1-14-5-8-19-18-7-6-17-13-16(15(2)23)9-11-22(17,4)20(18)10-12-21(14,19)3/h6,14,16,18-20H,5,7-13H2,1-4H3. The van der Waals surface area contributed by atoms with Gasteiger partial charge in [0.2, 0.25) is 0 Å². The summed E-state index contributed by atoms with van der Waals surface area (Å²) in [6.07, 6.45) is 14.0. The first-order valence-electron chi connectivity index (χ1n) is 10.1. The first-order valence-corrected chi connectivity index (χ1v) is 10.5. The van der Waals surface area contributed by atoms with Crippen LogP contribution in [0.3, 0.4) is 0 Å². The maximum Gasteiger partial charge on any atom is -0.00632 e. The van der Waals surface area contributed by atoms with Crippen molar-refractivity contribution in [2.45, 2.75) is 79.1 Å². The number of hydrogen-bond acceptors (Lipinski definition) is 1. The molecule has 0 saturated heterocycles. The van der Waals surface area contributed by atoms with E-state index in [0.29, 0.717) is 16.7 Å². The topological polar surface area (TPSA) is 0 Å². The van der Waals surface area contributed by atoms with Crippen LogP contribution >= 0.6 is 12.2 Å². The van der Waals surface area contributed by atoms with E-state index < -0.39 is 0 Å². The van der Waals surface area contributed by atoms with Crippen molar-refractivity contribution in [2.75, 3.05) is 0 Å². The van der Waals surface area contributed by atoms with Crippen molar-refractivity contribution >= 4 is 17.1 Å². The normalized spacial score (nSPS) is 52.2. The first kappa shape index (κ1) is 16.3. The summed E-state index contributed by atoms with van der Waals surface area (Å²) in [7, 11) is 0. The molecule has 0 aromatic heterocycles. The number of hydrogen-bond donors (Lipinski definition) is 0. The molecule has 1 heteroatoms. The molecule has 7 unspecified atom stereocenters. The van der Waals surface area contributed by atoms with E-state index in [1.165, 1.54) is 56.2 Å². The summed E-state index contributed by atoms with van der Waals surface area (Å²) >= 11 is 5.52. The second-order valence-corrected chi connectivity index (χ2v) is 10.5. The van der Waals surface area contributed by atoms with E-state index in [4.69, 9.17) is 12.2 Å². The zero-order valence-corrected chi connectivity index (χ0v) is 16.3. The van der Waals surface area contributed by atoms with Crippen LogP contribution in [0.5, 0.6) is 0 Å². The molecule has 0 nitrogen and oxygen atoms in total. The summed E-state index contributed by atoms with van der Waals surface area (Å²) in [5, 5.41) is 0. The Labute approximate surface area is 148 Å². The minimum Gasteiger partial charge on any atom is -0.0897 e. The van der Waals surface area contributed by atoms with Gasteiger partial charge in [0.05, 0.1) is 0 Å². The van der Waals surface area contributed by atoms with Gasteiger partial charge in [0.25, 0.3) is 0 Å². The van der Waals surface area contributed by atoms with Gasteiger partial charge in [-0.05, 0) is 104 Å². The quantitative estimate of drug-likeness (QED) is 0.386. The maximum absolute atomic E-state index is 5.52. The largest absolute Gasteiger partial charge is 0.0897 e. The number of fused-ring (bicyclic) bond motifs is 5. The zero-order chi connectivity index (χ0) is 16.4. The van der Waals surface area contributed by atoms with Crippen LogP contribution in [0, 0.1) is 40.4 Å². The lowest BCUT2D eigenvalue weighted by Gasteiger charge is -2.58. The Morgan fingerprint density at radius 3 is 2.61 bits per heavy atom. The van der Waals surface area contributed by atoms with Crippen LogP contribution in [-0.2, 0) is 0 Å². The van der Waals surface area contributed by atoms with E-state index in [-0.39, 0.29) is 0 Å². The second kappa shape index (κ2) is 5.41. The van der Waals surface area contributed by atoms with Crippen molar-refractivity contribution in [3.05, 3.63) is 11.6 Å². The van der Waals surface area contributed by atoms with Crippen molar-refractivity contribution in [3.63, 3.8) is 0 Å². The molecule has 4 aliphatic carbocycles. The molecule has 0 spiro atoms. The van der Waals surface area contributed by atoms with Crippen molar-refractivity contribution in [3.8, 4) is 0 Å². The van der Waals surface area contributed by atoms with Crippen molar-refractivity contribution in [2.24, 2.45) is 40.4 Å². The average molecular weight is 331 g/mol. The highest BCUT2D eigenvalue weighted by molar-refractivity contribution is 7.80. The van der Waals surface area contributed by atoms with Crippen LogP contribution < -0.4 is 0 Å². The Morgan fingerprint density at radius 2 is 1.87 bits per heavy atom. The molecule has 3 saturated carbocycles. The highest BCUT2D eigenvalue weighted by Crippen LogP contribution is 2.66. The predicted molar refractivity (Wildman–Crippen MR) is 103 cm³/mol. The molecular formula is C22H34S. The van der Waals surface area contributed by atoms with Gasteiger partial charge >= 0.3 is 0 Å². The van der Waals surface area contributed by atoms with Gasteiger partial charge in [-0.2, -0.15) is 0 Å². The summed E-state index contributed by atoms with van der Waals surface area (Å²) in [5.74, 6) is 4.55. The summed E-state index contributed by atoms with van der Waals surface area (Å²) in [5.41, 5.74) is 2.93. The van der Waals surface area contributed by atoms with E-state index in [9.17, 15) is 0 Å². The Kier molecular flexibility index (Phi) is 3.84. The summed E-state index contributed by atoms with van der Waals surface area (Å²) in [6, 6.07) is 0. The van der Waals surface area contributed by atoms with Gasteiger partial charge in [0.1, 0.15) is 0 Å². The van der Waals surface area contributed by atoms with Crippen molar-refractivity contribution in [1.82, 2.24) is 0 Å². The lowest BCUT2D eigenvalue weighted by Crippen LogP contribution is -2.50. The molecular weight excluding hydrogens is 296 g/mol. The molecule has 23 heavy (non-hydrogen) atoms. The second-order valence-electron chi connectivity index (χ2n) is 9.83. The smallest absolute Gasteiger partial charge is 0.00632 e. The van der Waals surface area contributed by atoms with Gasteiger partial charge in [-0.15, -0.1) is 0 Å². The third-order valence-corrected chi connectivity index (χ3v) is 9.49. The first-order chi connectivity index (χ1) is 10.9. The molecule has 3 fully saturated rings. The number of rotatable bonds is 1. The van der Waals surface area contributed by atoms with Gasteiger partial charge in [0, 0.05) is 0 Å². The van der Waals surface area contributed by atoms with Gasteiger partial charge < -0.3 is 0 Å². The summed E-state index contributed by atoms with van der Waals surface area (Å²) < 4.78 is 0. The summed E-state index contributed by atoms with van der Waals surface area (Å²) in [6.45, 7) is 9.94. The third-order valence-electron chi connectivity index (χ3n) is 9.15. The molecule has 0 aliphatic heterocycles. The highest BCUT2D eigenvalue weighted by Gasteiger charge is 2.57. The van der Waals surface area contributed by atoms with Crippen molar-refractivity contribution < 1.29 is 0 Å². The zero-order valence-electron chi connectivity index (χ0n) is 15.5. The van der Waals surface area contributed by atoms with Crippen LogP contribution in [0.15, 0.2) is 11.6 Å². The van der Waals surface area contributed by atoms with Gasteiger partial charge in [-0.1, -0.05) is 44.6 Å². The predicted octanol–water partition coefficient (Wildman–Crippen LogP) is 6.59. The fourth-order valence-electron chi connectivity index (χ4n) is 7.27. The molecule has 0 aromatic carbocycles. The Morgan fingerprint density at radius 1 is 1.09 bits per heavy atom. The highest BCUT2D eigenvalue weighted by atomic mass is 32.1. The lowest BCUT2D eigenvalue weighted by atomic mass is 9.47. The fourth-order valence-corrected chi connectivity index (χ4v) is 7.47. The minimum atomic E-state index is 0.497. The van der Waals surface area contributed by atoms with E-state index in [1.807, 2.05) is 0 Å². The van der Waals surface area contributed by atoms with Crippen LogP contribution in [0.4, 0.5) is 0 Å². The Balaban J connectivity index is 1.64. The third kappa shape index (κ3) is 2.25. The van der Waals surface area contributed by atoms with Gasteiger partial charge in [-0.3, -0.25) is 0 Å². The minimum absolute atomic E-state index is 0.497. The van der Waals surface area contributed by atoms with E-state index in [1.54, 1.807) is 5.57 Å². The number of allylic oxidation sites excluding steroid dienone is 2. The van der Waals surface area contributed by atoms with E-state index in [0.717, 1.165) is 23.7 Å². The summed E-state index contributed by atoms with van der Waals surface area (Å²) in [4.78, 5) is 1.25. The lowest BCUT2D eigenvalue weighted by molar-refractivity contribution is -0.0398. The number of thiocarbonyl (C=S) groups is 1. The molecule has 0 heterocycles. The Hall–Kier alpha value is -0.170. The maximum atomic E-state index is 5.52. The molecule has 7 atom stereocenters. The van der Waals surface area contributed by atoms with Gasteiger partial charge in [-0.25, -0.2) is 0 Å². The molecule has 0 N–H and O–H groups in total. The molecule has 0 radical (unpaired) electrons. The fraction of sp³-hybridized carbons (Fsp3) is 0.864. The molecule has 128 valence electrons. The van der Waals surface area contributed by atoms with Crippen LogP contribution in [0.1, 0.15) is 79.1 Å².